The zero-order valence-corrected chi connectivity index (χ0v) is 14.7. The summed E-state index contributed by atoms with van der Waals surface area (Å²) in [6, 6.07) is 8.04. The van der Waals surface area contributed by atoms with E-state index in [9.17, 15) is 4.79 Å². The van der Waals surface area contributed by atoms with Crippen LogP contribution >= 0.6 is 11.6 Å². The molecule has 0 atom stereocenters. The van der Waals surface area contributed by atoms with E-state index in [2.05, 4.69) is 17.1 Å². The van der Waals surface area contributed by atoms with E-state index in [0.29, 0.717) is 13.1 Å². The first-order chi connectivity index (χ1) is 10.8. The van der Waals surface area contributed by atoms with Crippen molar-refractivity contribution in [3.8, 4) is 0 Å². The molecule has 0 unspecified atom stereocenters. The van der Waals surface area contributed by atoms with Crippen LogP contribution in [0, 0.1) is 0 Å². The van der Waals surface area contributed by atoms with Crippen LogP contribution < -0.4 is 0 Å². The average molecular weight is 335 g/mol. The molecule has 0 N–H and O–H groups in total. The fourth-order valence-corrected chi connectivity index (χ4v) is 3.38. The zero-order chi connectivity index (χ0) is 16.7. The molecule has 4 nitrogen and oxygen atoms in total. The predicted molar refractivity (Wildman–Crippen MR) is 92.5 cm³/mol. The summed E-state index contributed by atoms with van der Waals surface area (Å²) in [5.41, 5.74) is 2.01. The molecular weight excluding hydrogens is 312 g/mol. The van der Waals surface area contributed by atoms with Crippen molar-refractivity contribution >= 4 is 23.4 Å². The minimum atomic E-state index is -0.456. The molecule has 2 aliphatic rings. The number of hydrogen-bond donors (Lipinski definition) is 0. The van der Waals surface area contributed by atoms with E-state index >= 15 is 0 Å². The predicted octanol–water partition coefficient (Wildman–Crippen LogP) is 4.06. The number of carbonyl (C=O) groups excluding carboxylic acids is 1. The molecule has 2 heterocycles. The van der Waals surface area contributed by atoms with E-state index in [1.165, 1.54) is 11.3 Å². The van der Waals surface area contributed by atoms with Crippen molar-refractivity contribution in [1.82, 2.24) is 4.90 Å². The van der Waals surface area contributed by atoms with Crippen LogP contribution in [0.4, 0.5) is 4.79 Å². The number of carbonyl (C=O) groups is 1. The third-order valence-corrected chi connectivity index (χ3v) is 4.79. The molecule has 0 saturated carbocycles. The molecule has 1 amide bonds. The number of ether oxygens (including phenoxy) is 1. The normalized spacial score (nSPS) is 20.0. The second kappa shape index (κ2) is 5.82. The molecule has 0 radical (unpaired) electrons. The first kappa shape index (κ1) is 16.3. The monoisotopic (exact) mass is 334 g/mol. The molecule has 0 bridgehead atoms. The van der Waals surface area contributed by atoms with Crippen LogP contribution in [0.3, 0.4) is 0 Å². The Balaban J connectivity index is 1.73. The summed E-state index contributed by atoms with van der Waals surface area (Å²) in [6.45, 7) is 7.91. The topological polar surface area (TPSA) is 41.9 Å². The van der Waals surface area contributed by atoms with Gasteiger partial charge in [-0.05, 0) is 51.3 Å². The zero-order valence-electron chi connectivity index (χ0n) is 13.9. The molecule has 1 aromatic carbocycles. The highest BCUT2D eigenvalue weighted by atomic mass is 35.5. The summed E-state index contributed by atoms with van der Waals surface area (Å²) in [5, 5.41) is 0.743. The Morgan fingerprint density at radius 1 is 1.22 bits per heavy atom. The van der Waals surface area contributed by atoms with Gasteiger partial charge in [0.15, 0.2) is 0 Å². The quantitative estimate of drug-likeness (QED) is 0.818. The molecule has 3 rings (SSSR count). The van der Waals surface area contributed by atoms with E-state index in [-0.39, 0.29) is 11.5 Å². The molecule has 2 aliphatic heterocycles. The lowest BCUT2D eigenvalue weighted by Gasteiger charge is -2.40. The number of nitrogens with zero attached hydrogens (tertiary/aromatic N) is 2. The standard InChI is InChI=1S/C18H23ClN2O2/c1-17(2,3)23-16(22)21-10-8-18(9-11-21,15-12-20-15)13-4-6-14(19)7-5-13/h4-7H,8-12H2,1-3H3. The number of halogens is 1. The highest BCUT2D eigenvalue weighted by Gasteiger charge is 2.45. The summed E-state index contributed by atoms with van der Waals surface area (Å²) in [5.74, 6) is 0. The summed E-state index contributed by atoms with van der Waals surface area (Å²) in [6.07, 6.45) is 1.54. The lowest BCUT2D eigenvalue weighted by molar-refractivity contribution is 0.0190. The first-order valence-corrected chi connectivity index (χ1v) is 8.46. The van der Waals surface area contributed by atoms with Crippen molar-refractivity contribution in [2.75, 3.05) is 19.6 Å². The van der Waals surface area contributed by atoms with Gasteiger partial charge in [-0.15, -0.1) is 0 Å². The van der Waals surface area contributed by atoms with Crippen molar-refractivity contribution < 1.29 is 9.53 Å². The Hall–Kier alpha value is -1.55. The van der Waals surface area contributed by atoms with Gasteiger partial charge >= 0.3 is 6.09 Å². The molecule has 1 aromatic rings. The van der Waals surface area contributed by atoms with Gasteiger partial charge in [0.25, 0.3) is 0 Å². The molecule has 124 valence electrons. The van der Waals surface area contributed by atoms with E-state index in [1.807, 2.05) is 37.8 Å². The van der Waals surface area contributed by atoms with E-state index in [1.54, 1.807) is 0 Å². The number of rotatable bonds is 2. The van der Waals surface area contributed by atoms with Gasteiger partial charge in [0.2, 0.25) is 0 Å². The number of piperidine rings is 1. The third kappa shape index (κ3) is 3.52. The smallest absolute Gasteiger partial charge is 0.410 e. The molecule has 1 fully saturated rings. The molecule has 0 aromatic heterocycles. The van der Waals surface area contributed by atoms with Crippen LogP contribution in [0.2, 0.25) is 5.02 Å². The maximum Gasteiger partial charge on any atom is 0.410 e. The van der Waals surface area contributed by atoms with Crippen molar-refractivity contribution in [1.29, 1.82) is 0 Å². The van der Waals surface area contributed by atoms with E-state index in [4.69, 9.17) is 16.3 Å². The van der Waals surface area contributed by atoms with Gasteiger partial charge in [0, 0.05) is 29.2 Å². The van der Waals surface area contributed by atoms with Crippen LogP contribution in [0.25, 0.3) is 0 Å². The maximum absolute atomic E-state index is 12.2. The molecule has 5 heteroatoms. The molecule has 0 aliphatic carbocycles. The largest absolute Gasteiger partial charge is 0.444 e. The highest BCUT2D eigenvalue weighted by Crippen LogP contribution is 2.41. The van der Waals surface area contributed by atoms with Crippen LogP contribution in [0.15, 0.2) is 29.3 Å². The Kier molecular flexibility index (Phi) is 4.13. The van der Waals surface area contributed by atoms with Gasteiger partial charge in [-0.1, -0.05) is 23.7 Å². The Morgan fingerprint density at radius 2 is 1.78 bits per heavy atom. The maximum atomic E-state index is 12.2. The van der Waals surface area contributed by atoms with E-state index in [0.717, 1.165) is 24.4 Å². The minimum absolute atomic E-state index is 0.0386. The lowest BCUT2D eigenvalue weighted by Crippen LogP contribution is -2.48. The molecule has 1 saturated heterocycles. The Labute approximate surface area is 142 Å². The third-order valence-electron chi connectivity index (χ3n) is 4.53. The number of likely N-dealkylation sites (tertiary alicyclic amines) is 1. The van der Waals surface area contributed by atoms with Gasteiger partial charge in [0.1, 0.15) is 5.60 Å². The summed E-state index contributed by atoms with van der Waals surface area (Å²) in [7, 11) is 0. The van der Waals surface area contributed by atoms with Gasteiger partial charge in [-0.25, -0.2) is 4.79 Å². The van der Waals surface area contributed by atoms with Crippen LogP contribution in [-0.4, -0.2) is 41.9 Å². The number of aliphatic imine (C=N–C) groups is 1. The molecule has 23 heavy (non-hydrogen) atoms. The second-order valence-corrected chi connectivity index (χ2v) is 7.76. The van der Waals surface area contributed by atoms with Crippen LogP contribution in [0.1, 0.15) is 39.2 Å². The van der Waals surface area contributed by atoms with Crippen molar-refractivity contribution in [3.05, 3.63) is 34.9 Å². The fraction of sp³-hybridized carbons (Fsp3) is 0.556. The van der Waals surface area contributed by atoms with Gasteiger partial charge < -0.3 is 9.64 Å². The van der Waals surface area contributed by atoms with Crippen molar-refractivity contribution in [2.45, 2.75) is 44.6 Å². The van der Waals surface area contributed by atoms with Crippen LogP contribution in [-0.2, 0) is 10.2 Å². The van der Waals surface area contributed by atoms with Gasteiger partial charge in [-0.2, -0.15) is 0 Å². The summed E-state index contributed by atoms with van der Waals surface area (Å²) < 4.78 is 5.48. The second-order valence-electron chi connectivity index (χ2n) is 7.32. The molecule has 0 spiro atoms. The number of hydrogen-bond acceptors (Lipinski definition) is 3. The molecular formula is C18H23ClN2O2. The SMILES string of the molecule is CC(C)(C)OC(=O)N1CCC(C2=NC2)(c2ccc(Cl)cc2)CC1. The Bertz CT molecular complexity index is 623. The van der Waals surface area contributed by atoms with Crippen LogP contribution in [0.5, 0.6) is 0 Å². The fourth-order valence-electron chi connectivity index (χ4n) is 3.25. The first-order valence-electron chi connectivity index (χ1n) is 8.08. The minimum Gasteiger partial charge on any atom is -0.444 e. The highest BCUT2D eigenvalue weighted by molar-refractivity contribution is 6.30. The lowest BCUT2D eigenvalue weighted by atomic mass is 9.71. The van der Waals surface area contributed by atoms with Crippen molar-refractivity contribution in [3.63, 3.8) is 0 Å². The Morgan fingerprint density at radius 3 is 2.26 bits per heavy atom. The van der Waals surface area contributed by atoms with Gasteiger partial charge in [0.05, 0.1) is 6.54 Å². The van der Waals surface area contributed by atoms with E-state index < -0.39 is 5.60 Å². The number of benzene rings is 1. The van der Waals surface area contributed by atoms with Gasteiger partial charge in [-0.3, -0.25) is 4.99 Å². The average Bonchev–Trinajstić information content (AvgIpc) is 3.31. The summed E-state index contributed by atoms with van der Waals surface area (Å²) >= 11 is 6.02. The number of amides is 1. The summed E-state index contributed by atoms with van der Waals surface area (Å²) in [4.78, 5) is 18.5. The van der Waals surface area contributed by atoms with Crippen molar-refractivity contribution in [2.24, 2.45) is 4.99 Å².